The molecule has 170 valence electrons. The number of benzene rings is 2. The van der Waals surface area contributed by atoms with E-state index in [2.05, 4.69) is 28.1 Å². The van der Waals surface area contributed by atoms with Crippen molar-refractivity contribution in [3.8, 4) is 0 Å². The molecule has 0 bridgehead atoms. The maximum Gasteiger partial charge on any atom is 0.236 e. The minimum Gasteiger partial charge on any atom is -0.369 e. The normalized spacial score (nSPS) is 17.9. The molecule has 2 aromatic carbocycles. The van der Waals surface area contributed by atoms with Gasteiger partial charge >= 0.3 is 0 Å². The van der Waals surface area contributed by atoms with Gasteiger partial charge in [-0.15, -0.1) is 0 Å². The summed E-state index contributed by atoms with van der Waals surface area (Å²) in [6.45, 7) is 7.32. The molecule has 2 aromatic rings. The van der Waals surface area contributed by atoms with Crippen LogP contribution in [0.2, 0.25) is 5.02 Å². The molecule has 0 unspecified atom stereocenters. The average Bonchev–Trinajstić information content (AvgIpc) is 2.82. The van der Waals surface area contributed by atoms with Crippen LogP contribution in [0.1, 0.15) is 18.4 Å². The number of halogens is 1. The zero-order valence-corrected chi connectivity index (χ0v) is 19.4. The van der Waals surface area contributed by atoms with E-state index in [9.17, 15) is 9.59 Å². The fourth-order valence-corrected chi connectivity index (χ4v) is 4.68. The molecule has 32 heavy (non-hydrogen) atoms. The smallest absolute Gasteiger partial charge is 0.236 e. The summed E-state index contributed by atoms with van der Waals surface area (Å²) in [5.74, 6) is 0.179. The third kappa shape index (κ3) is 5.61. The van der Waals surface area contributed by atoms with Gasteiger partial charge in [0.05, 0.1) is 6.54 Å². The largest absolute Gasteiger partial charge is 0.369 e. The van der Waals surface area contributed by atoms with Gasteiger partial charge in [0, 0.05) is 61.6 Å². The maximum absolute atomic E-state index is 12.8. The van der Waals surface area contributed by atoms with Crippen molar-refractivity contribution in [2.24, 2.45) is 5.92 Å². The number of amides is 2. The van der Waals surface area contributed by atoms with Crippen molar-refractivity contribution in [1.82, 2.24) is 9.80 Å². The Balaban J connectivity index is 1.21. The van der Waals surface area contributed by atoms with E-state index in [4.69, 9.17) is 11.6 Å². The number of para-hydroxylation sites is 1. The molecule has 6 nitrogen and oxygen atoms in total. The van der Waals surface area contributed by atoms with Crippen LogP contribution in [0.25, 0.3) is 0 Å². The van der Waals surface area contributed by atoms with Crippen LogP contribution >= 0.6 is 11.6 Å². The standard InChI is InChI=1S/C25H31ClN4O2/c1-19-7-8-21(26)17-23(19)29-15-13-28(14-16-29)18-24(31)30-11-9-20(10-12-30)25(32)27-22-5-3-2-4-6-22/h2-8,17,20H,9-16,18H2,1H3,(H,27,32). The van der Waals surface area contributed by atoms with Gasteiger partial charge in [-0.1, -0.05) is 35.9 Å². The first kappa shape index (κ1) is 22.6. The molecule has 0 atom stereocenters. The number of carbonyl (C=O) groups excluding carboxylic acids is 2. The third-order valence-corrected chi connectivity index (χ3v) is 6.74. The molecule has 2 amide bonds. The molecule has 0 saturated carbocycles. The highest BCUT2D eigenvalue weighted by molar-refractivity contribution is 6.30. The lowest BCUT2D eigenvalue weighted by Crippen LogP contribution is -2.51. The number of carbonyl (C=O) groups is 2. The molecule has 0 spiro atoms. The molecule has 2 fully saturated rings. The minimum absolute atomic E-state index is 0.0382. The summed E-state index contributed by atoms with van der Waals surface area (Å²) in [6.07, 6.45) is 1.43. The van der Waals surface area contributed by atoms with Crippen LogP contribution in [0.15, 0.2) is 48.5 Å². The predicted molar refractivity (Wildman–Crippen MR) is 129 cm³/mol. The molecule has 1 N–H and O–H groups in total. The number of hydrogen-bond acceptors (Lipinski definition) is 4. The van der Waals surface area contributed by atoms with Gasteiger partial charge in [-0.25, -0.2) is 0 Å². The molecular weight excluding hydrogens is 424 g/mol. The van der Waals surface area contributed by atoms with E-state index in [1.165, 1.54) is 11.3 Å². The number of hydrogen-bond donors (Lipinski definition) is 1. The van der Waals surface area contributed by atoms with Gasteiger partial charge in [0.25, 0.3) is 0 Å². The Morgan fingerprint density at radius 1 is 0.969 bits per heavy atom. The molecule has 0 aliphatic carbocycles. The lowest BCUT2D eigenvalue weighted by molar-refractivity contribution is -0.135. The van der Waals surface area contributed by atoms with Gasteiger partial charge in [-0.2, -0.15) is 0 Å². The van der Waals surface area contributed by atoms with Crippen molar-refractivity contribution in [3.63, 3.8) is 0 Å². The molecule has 0 radical (unpaired) electrons. The number of piperazine rings is 1. The van der Waals surface area contributed by atoms with E-state index in [1.54, 1.807) is 0 Å². The summed E-state index contributed by atoms with van der Waals surface area (Å²) in [7, 11) is 0. The van der Waals surface area contributed by atoms with Crippen LogP contribution in [-0.2, 0) is 9.59 Å². The van der Waals surface area contributed by atoms with E-state index in [0.29, 0.717) is 32.5 Å². The molecule has 7 heteroatoms. The summed E-state index contributed by atoms with van der Waals surface area (Å²) >= 11 is 6.18. The van der Waals surface area contributed by atoms with Crippen molar-refractivity contribution in [3.05, 3.63) is 59.1 Å². The second kappa shape index (κ2) is 10.4. The summed E-state index contributed by atoms with van der Waals surface area (Å²) in [6, 6.07) is 15.5. The Morgan fingerprint density at radius 2 is 1.66 bits per heavy atom. The van der Waals surface area contributed by atoms with E-state index < -0.39 is 0 Å². The van der Waals surface area contributed by atoms with Gasteiger partial charge < -0.3 is 15.1 Å². The Labute approximate surface area is 195 Å². The van der Waals surface area contributed by atoms with Gasteiger partial charge in [0.15, 0.2) is 0 Å². The molecule has 2 heterocycles. The van der Waals surface area contributed by atoms with Crippen LogP contribution in [0.3, 0.4) is 0 Å². The molecule has 0 aromatic heterocycles. The first-order valence-corrected chi connectivity index (χ1v) is 11.7. The zero-order valence-electron chi connectivity index (χ0n) is 18.6. The van der Waals surface area contributed by atoms with Crippen molar-refractivity contribution < 1.29 is 9.59 Å². The van der Waals surface area contributed by atoms with Crippen LogP contribution in [0.4, 0.5) is 11.4 Å². The Bertz CT molecular complexity index is 936. The predicted octanol–water partition coefficient (Wildman–Crippen LogP) is 3.65. The van der Waals surface area contributed by atoms with E-state index in [1.807, 2.05) is 47.4 Å². The summed E-state index contributed by atoms with van der Waals surface area (Å²) in [4.78, 5) is 31.8. The van der Waals surface area contributed by atoms with Gasteiger partial charge in [0.1, 0.15) is 0 Å². The lowest BCUT2D eigenvalue weighted by atomic mass is 9.95. The Morgan fingerprint density at radius 3 is 2.34 bits per heavy atom. The van der Waals surface area contributed by atoms with Crippen LogP contribution in [-0.4, -0.2) is 67.4 Å². The van der Waals surface area contributed by atoms with E-state index >= 15 is 0 Å². The van der Waals surface area contributed by atoms with Crippen LogP contribution in [0, 0.1) is 12.8 Å². The van der Waals surface area contributed by atoms with E-state index in [-0.39, 0.29) is 17.7 Å². The number of rotatable bonds is 5. The van der Waals surface area contributed by atoms with Crippen molar-refractivity contribution >= 4 is 34.8 Å². The molecule has 4 rings (SSSR count). The number of anilines is 2. The number of aryl methyl sites for hydroxylation is 1. The third-order valence-electron chi connectivity index (χ3n) is 6.50. The summed E-state index contributed by atoms with van der Waals surface area (Å²) < 4.78 is 0. The Hall–Kier alpha value is -2.57. The monoisotopic (exact) mass is 454 g/mol. The highest BCUT2D eigenvalue weighted by Gasteiger charge is 2.29. The maximum atomic E-state index is 12.8. The summed E-state index contributed by atoms with van der Waals surface area (Å²) in [5.41, 5.74) is 3.22. The first-order chi connectivity index (χ1) is 15.5. The van der Waals surface area contributed by atoms with Gasteiger partial charge in [-0.3, -0.25) is 14.5 Å². The SMILES string of the molecule is Cc1ccc(Cl)cc1N1CCN(CC(=O)N2CCC(C(=O)Nc3ccccc3)CC2)CC1. The minimum atomic E-state index is -0.0382. The van der Waals surface area contributed by atoms with Crippen LogP contribution < -0.4 is 10.2 Å². The topological polar surface area (TPSA) is 55.9 Å². The Kier molecular flexibility index (Phi) is 7.33. The van der Waals surface area contributed by atoms with Gasteiger partial charge in [0.2, 0.25) is 11.8 Å². The van der Waals surface area contributed by atoms with Crippen molar-refractivity contribution in [2.75, 3.05) is 56.0 Å². The number of nitrogens with zero attached hydrogens (tertiary/aromatic N) is 3. The van der Waals surface area contributed by atoms with Gasteiger partial charge in [-0.05, 0) is 49.6 Å². The second-order valence-corrected chi connectivity index (χ2v) is 9.14. The fraction of sp³-hybridized carbons (Fsp3) is 0.440. The van der Waals surface area contributed by atoms with Crippen molar-refractivity contribution in [1.29, 1.82) is 0 Å². The average molecular weight is 455 g/mol. The number of nitrogens with one attached hydrogen (secondary N) is 1. The summed E-state index contributed by atoms with van der Waals surface area (Å²) in [5, 5.41) is 3.74. The highest BCUT2D eigenvalue weighted by atomic mass is 35.5. The fourth-order valence-electron chi connectivity index (χ4n) is 4.52. The molecule has 2 aliphatic rings. The quantitative estimate of drug-likeness (QED) is 0.749. The number of piperidine rings is 1. The first-order valence-electron chi connectivity index (χ1n) is 11.4. The molecule has 2 aliphatic heterocycles. The second-order valence-electron chi connectivity index (χ2n) is 8.70. The lowest BCUT2D eigenvalue weighted by Gasteiger charge is -2.38. The molecular formula is C25H31ClN4O2. The van der Waals surface area contributed by atoms with Crippen molar-refractivity contribution in [2.45, 2.75) is 19.8 Å². The highest BCUT2D eigenvalue weighted by Crippen LogP contribution is 2.25. The zero-order chi connectivity index (χ0) is 22.5. The number of likely N-dealkylation sites (tertiary alicyclic amines) is 1. The van der Waals surface area contributed by atoms with E-state index in [0.717, 1.165) is 36.9 Å². The van der Waals surface area contributed by atoms with Crippen LogP contribution in [0.5, 0.6) is 0 Å². The molecule has 2 saturated heterocycles.